The highest BCUT2D eigenvalue weighted by Crippen LogP contribution is 2.36. The molecule has 2 fully saturated rings. The van der Waals surface area contributed by atoms with Gasteiger partial charge in [0, 0.05) is 30.7 Å². The summed E-state index contributed by atoms with van der Waals surface area (Å²) in [6, 6.07) is 3.83. The van der Waals surface area contributed by atoms with Crippen molar-refractivity contribution in [2.75, 3.05) is 26.2 Å². The predicted octanol–water partition coefficient (Wildman–Crippen LogP) is 2.37. The van der Waals surface area contributed by atoms with E-state index >= 15 is 0 Å². The second-order valence-corrected chi connectivity index (χ2v) is 5.99. The zero-order chi connectivity index (χ0) is 13.5. The molecular weight excluding hydrogens is 309 g/mol. The number of hydrogen-bond donors (Lipinski definition) is 1. The second-order valence-electron chi connectivity index (χ2n) is 5.99. The van der Waals surface area contributed by atoms with E-state index in [1.807, 2.05) is 30.9 Å². The summed E-state index contributed by atoms with van der Waals surface area (Å²) in [6.07, 6.45) is 2.33. The number of pyridine rings is 1. The molecule has 6 heteroatoms. The largest absolute Gasteiger partial charge is 0.338 e. The van der Waals surface area contributed by atoms with Gasteiger partial charge in [0.25, 0.3) is 5.91 Å². The van der Waals surface area contributed by atoms with Crippen LogP contribution in [0.1, 0.15) is 34.6 Å². The van der Waals surface area contributed by atoms with Crippen molar-refractivity contribution >= 4 is 30.7 Å². The molecule has 1 spiro atoms. The van der Waals surface area contributed by atoms with E-state index in [-0.39, 0.29) is 30.7 Å². The lowest BCUT2D eigenvalue weighted by molar-refractivity contribution is 0.0774. The van der Waals surface area contributed by atoms with Crippen molar-refractivity contribution in [3.63, 3.8) is 0 Å². The van der Waals surface area contributed by atoms with E-state index < -0.39 is 0 Å². The van der Waals surface area contributed by atoms with E-state index in [4.69, 9.17) is 0 Å². The van der Waals surface area contributed by atoms with Crippen LogP contribution in [0.15, 0.2) is 12.1 Å². The molecule has 2 aliphatic rings. The Balaban J connectivity index is 0.00000110. The van der Waals surface area contributed by atoms with E-state index in [1.165, 1.54) is 6.42 Å². The maximum Gasteiger partial charge on any atom is 0.255 e. The van der Waals surface area contributed by atoms with Gasteiger partial charge in [0.15, 0.2) is 0 Å². The third kappa shape index (κ3) is 3.50. The van der Waals surface area contributed by atoms with E-state index in [2.05, 4.69) is 10.3 Å². The molecule has 1 N–H and O–H groups in total. The number of aromatic nitrogens is 1. The third-order valence-corrected chi connectivity index (χ3v) is 4.51. The van der Waals surface area contributed by atoms with Crippen molar-refractivity contribution in [1.82, 2.24) is 15.2 Å². The minimum Gasteiger partial charge on any atom is -0.338 e. The Labute approximate surface area is 138 Å². The smallest absolute Gasteiger partial charge is 0.255 e. The zero-order valence-electron chi connectivity index (χ0n) is 12.5. The van der Waals surface area contributed by atoms with Crippen molar-refractivity contribution in [2.45, 2.75) is 26.7 Å². The van der Waals surface area contributed by atoms with Crippen LogP contribution < -0.4 is 5.32 Å². The Hall–Kier alpha value is -0.840. The number of carbonyl (C=O) groups excluding carboxylic acids is 1. The highest BCUT2D eigenvalue weighted by Gasteiger charge is 2.42. The van der Waals surface area contributed by atoms with Gasteiger partial charge >= 0.3 is 0 Å². The fourth-order valence-electron chi connectivity index (χ4n) is 3.34. The summed E-state index contributed by atoms with van der Waals surface area (Å²) in [6.45, 7) is 7.80. The zero-order valence-corrected chi connectivity index (χ0v) is 14.1. The lowest BCUT2D eigenvalue weighted by Gasteiger charge is -2.23. The normalized spacial score (nSPS) is 23.8. The van der Waals surface area contributed by atoms with Crippen LogP contribution in [0.5, 0.6) is 0 Å². The summed E-state index contributed by atoms with van der Waals surface area (Å²) >= 11 is 0. The van der Waals surface area contributed by atoms with Crippen LogP contribution in [-0.4, -0.2) is 42.0 Å². The van der Waals surface area contributed by atoms with Gasteiger partial charge in [0.05, 0.1) is 11.3 Å². The molecule has 0 bridgehead atoms. The van der Waals surface area contributed by atoms with Crippen LogP contribution in [0, 0.1) is 19.3 Å². The number of nitrogens with zero attached hydrogens (tertiary/aromatic N) is 2. The molecule has 3 rings (SSSR count). The quantitative estimate of drug-likeness (QED) is 0.859. The summed E-state index contributed by atoms with van der Waals surface area (Å²) < 4.78 is 0. The maximum atomic E-state index is 12.6. The van der Waals surface area contributed by atoms with Gasteiger partial charge in [-0.1, -0.05) is 0 Å². The first-order valence-corrected chi connectivity index (χ1v) is 7.04. The monoisotopic (exact) mass is 331 g/mol. The van der Waals surface area contributed by atoms with Crippen molar-refractivity contribution in [3.8, 4) is 0 Å². The molecule has 1 aromatic heterocycles. The molecule has 0 radical (unpaired) electrons. The minimum atomic E-state index is 0. The van der Waals surface area contributed by atoms with E-state index in [0.717, 1.165) is 49.6 Å². The van der Waals surface area contributed by atoms with Crippen molar-refractivity contribution in [1.29, 1.82) is 0 Å². The number of aryl methyl sites for hydroxylation is 2. The highest BCUT2D eigenvalue weighted by atomic mass is 35.5. The molecule has 2 aliphatic heterocycles. The highest BCUT2D eigenvalue weighted by molar-refractivity contribution is 5.95. The predicted molar refractivity (Wildman–Crippen MR) is 88.6 cm³/mol. The lowest BCUT2D eigenvalue weighted by atomic mass is 9.86. The topological polar surface area (TPSA) is 45.2 Å². The molecule has 1 aromatic rings. The van der Waals surface area contributed by atoms with Gasteiger partial charge in [-0.05, 0) is 45.4 Å². The Kier molecular flexibility index (Phi) is 6.02. The van der Waals surface area contributed by atoms with Crippen LogP contribution in [0.4, 0.5) is 0 Å². The van der Waals surface area contributed by atoms with Gasteiger partial charge < -0.3 is 10.2 Å². The average Bonchev–Trinajstić information content (AvgIpc) is 3.00. The number of likely N-dealkylation sites (tertiary alicyclic amines) is 1. The number of carbonyl (C=O) groups is 1. The lowest BCUT2D eigenvalue weighted by Crippen LogP contribution is -2.33. The first-order chi connectivity index (χ1) is 9.10. The molecule has 21 heavy (non-hydrogen) atoms. The second kappa shape index (κ2) is 6.95. The van der Waals surface area contributed by atoms with Gasteiger partial charge in [0.1, 0.15) is 0 Å². The molecular formula is C15H23Cl2N3O. The number of halogens is 2. The van der Waals surface area contributed by atoms with Gasteiger partial charge in [-0.25, -0.2) is 0 Å². The Morgan fingerprint density at radius 2 is 2.05 bits per heavy atom. The van der Waals surface area contributed by atoms with E-state index in [9.17, 15) is 4.79 Å². The van der Waals surface area contributed by atoms with Gasteiger partial charge in [-0.3, -0.25) is 9.78 Å². The molecule has 1 unspecified atom stereocenters. The molecule has 1 amide bonds. The molecule has 0 saturated carbocycles. The van der Waals surface area contributed by atoms with Crippen molar-refractivity contribution < 1.29 is 4.79 Å². The van der Waals surface area contributed by atoms with Gasteiger partial charge in [-0.15, -0.1) is 24.8 Å². The Morgan fingerprint density at radius 3 is 2.67 bits per heavy atom. The summed E-state index contributed by atoms with van der Waals surface area (Å²) in [5, 5.41) is 3.42. The molecule has 4 nitrogen and oxygen atoms in total. The van der Waals surface area contributed by atoms with Gasteiger partial charge in [-0.2, -0.15) is 0 Å². The maximum absolute atomic E-state index is 12.6. The molecule has 118 valence electrons. The first-order valence-electron chi connectivity index (χ1n) is 7.04. The number of nitrogens with one attached hydrogen (secondary N) is 1. The summed E-state index contributed by atoms with van der Waals surface area (Å²) in [7, 11) is 0. The SMILES string of the molecule is Cc1ccc(C(=O)N2CCC3(CCNC3)C2)c(C)n1.Cl.Cl. The molecule has 0 aromatic carbocycles. The van der Waals surface area contributed by atoms with Crippen LogP contribution in [0.3, 0.4) is 0 Å². The molecule has 2 saturated heterocycles. The fourth-order valence-corrected chi connectivity index (χ4v) is 3.34. The average molecular weight is 332 g/mol. The number of hydrogen-bond acceptors (Lipinski definition) is 3. The minimum absolute atomic E-state index is 0. The van der Waals surface area contributed by atoms with Crippen LogP contribution in [0.25, 0.3) is 0 Å². The van der Waals surface area contributed by atoms with E-state index in [0.29, 0.717) is 5.41 Å². The fraction of sp³-hybridized carbons (Fsp3) is 0.600. The summed E-state index contributed by atoms with van der Waals surface area (Å²) in [4.78, 5) is 19.0. The van der Waals surface area contributed by atoms with Crippen LogP contribution in [-0.2, 0) is 0 Å². The molecule has 3 heterocycles. The number of amides is 1. The number of rotatable bonds is 1. The molecule has 0 aliphatic carbocycles. The summed E-state index contributed by atoms with van der Waals surface area (Å²) in [5.41, 5.74) is 2.90. The summed E-state index contributed by atoms with van der Waals surface area (Å²) in [5.74, 6) is 0.147. The Morgan fingerprint density at radius 1 is 1.29 bits per heavy atom. The first kappa shape index (κ1) is 18.2. The van der Waals surface area contributed by atoms with Gasteiger partial charge in [0.2, 0.25) is 0 Å². The van der Waals surface area contributed by atoms with Crippen LogP contribution in [0.2, 0.25) is 0 Å². The van der Waals surface area contributed by atoms with Crippen LogP contribution >= 0.6 is 24.8 Å². The third-order valence-electron chi connectivity index (χ3n) is 4.51. The standard InChI is InChI=1S/C15H21N3O.2ClH/c1-11-3-4-13(12(2)17-11)14(19)18-8-6-15(10-18)5-7-16-9-15;;/h3-4,16H,5-10H2,1-2H3;2*1H. The molecule has 1 atom stereocenters. The van der Waals surface area contributed by atoms with Crippen molar-refractivity contribution in [3.05, 3.63) is 29.1 Å². The van der Waals surface area contributed by atoms with E-state index in [1.54, 1.807) is 0 Å². The Bertz CT molecular complexity index is 516. The van der Waals surface area contributed by atoms with Crippen molar-refractivity contribution in [2.24, 2.45) is 5.41 Å².